The lowest BCUT2D eigenvalue weighted by Crippen LogP contribution is -2.29. The second-order valence-electron chi connectivity index (χ2n) is 4.38. The van der Waals surface area contributed by atoms with Crippen LogP contribution in [0.4, 0.5) is 0 Å². The van der Waals surface area contributed by atoms with Crippen molar-refractivity contribution >= 4 is 23.5 Å². The predicted octanol–water partition coefficient (Wildman–Crippen LogP) is 1.58. The topological polar surface area (TPSA) is 53.4 Å². The molecule has 1 aromatic heterocycles. The minimum atomic E-state index is -1.43. The van der Waals surface area contributed by atoms with Gasteiger partial charge in [0.05, 0.1) is 11.2 Å². The second kappa shape index (κ2) is 4.84. The van der Waals surface area contributed by atoms with Crippen molar-refractivity contribution in [3.63, 3.8) is 0 Å². The molecule has 0 aliphatic carbocycles. The summed E-state index contributed by atoms with van der Waals surface area (Å²) in [5.41, 5.74) is 3.25. The molecule has 3 rings (SSSR count). The first kappa shape index (κ1) is 11.9. The quantitative estimate of drug-likeness (QED) is 0.678. The van der Waals surface area contributed by atoms with Crippen molar-refractivity contribution in [2.75, 3.05) is 0 Å². The molecule has 0 atom stereocenters. The molecule has 0 bridgehead atoms. The molecule has 0 amide bonds. The lowest BCUT2D eigenvalue weighted by atomic mass is 9.80. The van der Waals surface area contributed by atoms with Gasteiger partial charge in [-0.1, -0.05) is 48.5 Å². The van der Waals surface area contributed by atoms with Crippen LogP contribution < -0.4 is 5.46 Å². The van der Waals surface area contributed by atoms with Gasteiger partial charge in [-0.25, -0.2) is 4.98 Å². The van der Waals surface area contributed by atoms with Gasteiger partial charge in [0.1, 0.15) is 0 Å². The van der Waals surface area contributed by atoms with E-state index < -0.39 is 7.12 Å². The van der Waals surface area contributed by atoms with Crippen molar-refractivity contribution in [2.45, 2.75) is 0 Å². The second-order valence-corrected chi connectivity index (χ2v) is 4.38. The molecule has 0 aliphatic heterocycles. The number of pyridine rings is 1. The maximum atomic E-state index is 9.07. The fourth-order valence-electron chi connectivity index (χ4n) is 2.05. The van der Waals surface area contributed by atoms with Crippen LogP contribution >= 0.6 is 0 Å². The molecule has 1 heterocycles. The number of hydrogen-bond donors (Lipinski definition) is 2. The van der Waals surface area contributed by atoms with E-state index >= 15 is 0 Å². The van der Waals surface area contributed by atoms with Gasteiger partial charge in [0.25, 0.3) is 0 Å². The summed E-state index contributed by atoms with van der Waals surface area (Å²) in [7, 11) is -1.43. The molecule has 0 saturated heterocycles. The van der Waals surface area contributed by atoms with Crippen LogP contribution in [-0.4, -0.2) is 22.2 Å². The summed E-state index contributed by atoms with van der Waals surface area (Å²) in [6, 6.07) is 19.0. The van der Waals surface area contributed by atoms with Crippen molar-refractivity contribution in [3.8, 4) is 11.3 Å². The average molecular weight is 249 g/mol. The van der Waals surface area contributed by atoms with Crippen LogP contribution in [0.25, 0.3) is 22.2 Å². The first-order chi connectivity index (χ1) is 9.24. The van der Waals surface area contributed by atoms with Crippen molar-refractivity contribution in [1.82, 2.24) is 4.98 Å². The Labute approximate surface area is 111 Å². The van der Waals surface area contributed by atoms with Gasteiger partial charge in [0, 0.05) is 10.9 Å². The van der Waals surface area contributed by atoms with Gasteiger partial charge in [-0.15, -0.1) is 0 Å². The van der Waals surface area contributed by atoms with Gasteiger partial charge in [0.15, 0.2) is 0 Å². The number of rotatable bonds is 2. The van der Waals surface area contributed by atoms with Gasteiger partial charge in [-0.2, -0.15) is 0 Å². The van der Waals surface area contributed by atoms with Gasteiger partial charge < -0.3 is 10.0 Å². The normalized spacial score (nSPS) is 10.6. The number of benzene rings is 2. The van der Waals surface area contributed by atoms with E-state index in [9.17, 15) is 0 Å². The number of para-hydroxylation sites is 1. The minimum Gasteiger partial charge on any atom is -0.423 e. The Bertz CT molecular complexity index is 711. The smallest absolute Gasteiger partial charge is 0.423 e. The van der Waals surface area contributed by atoms with Crippen molar-refractivity contribution < 1.29 is 10.0 Å². The Balaban J connectivity index is 2.03. The Morgan fingerprint density at radius 1 is 0.789 bits per heavy atom. The summed E-state index contributed by atoms with van der Waals surface area (Å²) in [4.78, 5) is 4.59. The summed E-state index contributed by atoms with van der Waals surface area (Å²) in [5, 5.41) is 19.2. The van der Waals surface area contributed by atoms with E-state index in [1.165, 1.54) is 0 Å². The van der Waals surface area contributed by atoms with Crippen molar-refractivity contribution in [2.24, 2.45) is 0 Å². The first-order valence-electron chi connectivity index (χ1n) is 6.06. The summed E-state index contributed by atoms with van der Waals surface area (Å²) in [6.45, 7) is 0. The van der Waals surface area contributed by atoms with Crippen LogP contribution in [0, 0.1) is 0 Å². The van der Waals surface area contributed by atoms with E-state index in [0.717, 1.165) is 22.2 Å². The molecule has 0 spiro atoms. The van der Waals surface area contributed by atoms with Crippen molar-refractivity contribution in [1.29, 1.82) is 0 Å². The molecule has 92 valence electrons. The Hall–Kier alpha value is -2.17. The monoisotopic (exact) mass is 249 g/mol. The summed E-state index contributed by atoms with van der Waals surface area (Å²) < 4.78 is 0. The highest BCUT2D eigenvalue weighted by molar-refractivity contribution is 6.58. The third kappa shape index (κ3) is 2.36. The SMILES string of the molecule is OB(O)c1ccc(-c2ccc3ccccc3n2)cc1. The number of nitrogens with zero attached hydrogens (tertiary/aromatic N) is 1. The molecule has 2 aromatic carbocycles. The average Bonchev–Trinajstić information content (AvgIpc) is 2.47. The van der Waals surface area contributed by atoms with Crippen LogP contribution in [0.1, 0.15) is 0 Å². The molecular formula is C15H12BNO2. The van der Waals surface area contributed by atoms with E-state index in [0.29, 0.717) is 5.46 Å². The molecule has 0 radical (unpaired) electrons. The maximum absolute atomic E-state index is 9.07. The van der Waals surface area contributed by atoms with E-state index in [-0.39, 0.29) is 0 Å². The van der Waals surface area contributed by atoms with Crippen LogP contribution in [-0.2, 0) is 0 Å². The molecule has 2 N–H and O–H groups in total. The molecule has 4 heteroatoms. The van der Waals surface area contributed by atoms with Crippen LogP contribution in [0.15, 0.2) is 60.7 Å². The fraction of sp³-hybridized carbons (Fsp3) is 0. The Morgan fingerprint density at radius 3 is 2.26 bits per heavy atom. The summed E-state index contributed by atoms with van der Waals surface area (Å²) in [5.74, 6) is 0. The maximum Gasteiger partial charge on any atom is 0.488 e. The largest absolute Gasteiger partial charge is 0.488 e. The number of hydrogen-bond acceptors (Lipinski definition) is 3. The van der Waals surface area contributed by atoms with E-state index in [2.05, 4.69) is 4.98 Å². The van der Waals surface area contributed by atoms with E-state index in [1.54, 1.807) is 12.1 Å². The van der Waals surface area contributed by atoms with Crippen molar-refractivity contribution in [3.05, 3.63) is 60.7 Å². The van der Waals surface area contributed by atoms with E-state index in [4.69, 9.17) is 10.0 Å². The molecule has 0 aliphatic rings. The van der Waals surface area contributed by atoms with E-state index in [1.807, 2.05) is 48.5 Å². The lowest BCUT2D eigenvalue weighted by molar-refractivity contribution is 0.426. The standard InChI is InChI=1S/C15H12BNO2/c18-16(19)13-8-5-12(6-9-13)15-10-7-11-3-1-2-4-14(11)17-15/h1-10,18-19H. The van der Waals surface area contributed by atoms with Gasteiger partial charge in [-0.05, 0) is 17.6 Å². The molecule has 19 heavy (non-hydrogen) atoms. The van der Waals surface area contributed by atoms with Gasteiger partial charge >= 0.3 is 7.12 Å². The molecule has 0 unspecified atom stereocenters. The third-order valence-corrected chi connectivity index (χ3v) is 3.10. The van der Waals surface area contributed by atoms with Gasteiger partial charge in [-0.3, -0.25) is 0 Å². The first-order valence-corrected chi connectivity index (χ1v) is 6.06. The highest BCUT2D eigenvalue weighted by atomic mass is 16.4. The molecule has 3 aromatic rings. The molecular weight excluding hydrogens is 237 g/mol. The fourth-order valence-corrected chi connectivity index (χ4v) is 2.05. The third-order valence-electron chi connectivity index (χ3n) is 3.10. The van der Waals surface area contributed by atoms with Crippen LogP contribution in [0.3, 0.4) is 0 Å². The highest BCUT2D eigenvalue weighted by Crippen LogP contribution is 2.20. The molecule has 3 nitrogen and oxygen atoms in total. The Kier molecular flexibility index (Phi) is 3.03. The van der Waals surface area contributed by atoms with Crippen LogP contribution in [0.2, 0.25) is 0 Å². The Morgan fingerprint density at radius 2 is 1.53 bits per heavy atom. The van der Waals surface area contributed by atoms with Crippen LogP contribution in [0.5, 0.6) is 0 Å². The molecule has 0 fully saturated rings. The zero-order valence-electron chi connectivity index (χ0n) is 10.2. The minimum absolute atomic E-state index is 0.476. The summed E-state index contributed by atoms with van der Waals surface area (Å²) >= 11 is 0. The predicted molar refractivity (Wildman–Crippen MR) is 77.0 cm³/mol. The molecule has 0 saturated carbocycles. The summed E-state index contributed by atoms with van der Waals surface area (Å²) in [6.07, 6.45) is 0. The zero-order valence-corrected chi connectivity index (χ0v) is 10.2. The number of aromatic nitrogens is 1. The zero-order chi connectivity index (χ0) is 13.2. The van der Waals surface area contributed by atoms with Gasteiger partial charge in [0.2, 0.25) is 0 Å². The highest BCUT2D eigenvalue weighted by Gasteiger charge is 2.10. The lowest BCUT2D eigenvalue weighted by Gasteiger charge is -2.04. The number of fused-ring (bicyclic) bond motifs is 1.